The number of methoxy groups -OCH3 is 3. The summed E-state index contributed by atoms with van der Waals surface area (Å²) in [6, 6.07) is 6.98. The smallest absolute Gasteiger partial charge is 0.331 e. The lowest BCUT2D eigenvalue weighted by Crippen LogP contribution is -2.37. The van der Waals surface area contributed by atoms with Gasteiger partial charge in [0.1, 0.15) is 5.75 Å². The molecule has 0 spiro atoms. The van der Waals surface area contributed by atoms with Crippen LogP contribution in [0.5, 0.6) is 23.0 Å². The molecule has 2 N–H and O–H groups in total. The molecule has 3 aromatic rings. The summed E-state index contributed by atoms with van der Waals surface area (Å²) in [5, 5.41) is 9.95. The van der Waals surface area contributed by atoms with Gasteiger partial charge in [-0.2, -0.15) is 4.39 Å². The Labute approximate surface area is 205 Å². The maximum atomic E-state index is 14.0. The Bertz CT molecular complexity index is 1340. The van der Waals surface area contributed by atoms with Crippen LogP contribution in [0.4, 0.5) is 4.39 Å². The molecule has 11 heteroatoms. The third kappa shape index (κ3) is 5.51. The summed E-state index contributed by atoms with van der Waals surface area (Å²) in [6.45, 7) is 1.96. The van der Waals surface area contributed by atoms with Crippen LogP contribution < -0.4 is 30.2 Å². The van der Waals surface area contributed by atoms with E-state index in [9.17, 15) is 23.9 Å². The molecule has 1 atom stereocenters. The zero-order valence-electron chi connectivity index (χ0n) is 20.3. The number of halogens is 1. The zero-order valence-corrected chi connectivity index (χ0v) is 20.3. The van der Waals surface area contributed by atoms with E-state index >= 15 is 0 Å². The Morgan fingerprint density at radius 2 is 1.64 bits per heavy atom. The molecule has 10 nitrogen and oxygen atoms in total. The van der Waals surface area contributed by atoms with Crippen LogP contribution in [0.15, 0.2) is 46.1 Å². The van der Waals surface area contributed by atoms with Gasteiger partial charge in [-0.25, -0.2) is 9.59 Å². The lowest BCUT2D eigenvalue weighted by Gasteiger charge is -2.20. The van der Waals surface area contributed by atoms with Crippen LogP contribution >= 0.6 is 0 Å². The number of carbonyl (C=O) groups is 1. The number of nitrogens with one attached hydrogen (secondary N) is 1. The van der Waals surface area contributed by atoms with Gasteiger partial charge in [0.15, 0.2) is 17.5 Å². The standard InChI is InChI=1S/C25H27FN2O8/c1-5-36-18-9-8-14(6-7-15-11-19(33-2)22(35-4)20(12-15)34-3)10-16(18)21(24(30)31)28-13-17(26)23(29)27-25(28)32/h8-13,21H,5-7H2,1-4H3,(H,30,31)(H,27,29,32). The van der Waals surface area contributed by atoms with E-state index in [4.69, 9.17) is 18.9 Å². The molecule has 0 saturated heterocycles. The van der Waals surface area contributed by atoms with Crippen molar-refractivity contribution in [2.75, 3.05) is 27.9 Å². The average molecular weight is 502 g/mol. The number of aryl methyl sites for hydroxylation is 2. The third-order valence-electron chi connectivity index (χ3n) is 5.53. The van der Waals surface area contributed by atoms with E-state index in [2.05, 4.69) is 0 Å². The number of nitrogens with zero attached hydrogens (tertiary/aromatic N) is 1. The lowest BCUT2D eigenvalue weighted by molar-refractivity contribution is -0.139. The monoisotopic (exact) mass is 502 g/mol. The lowest BCUT2D eigenvalue weighted by atomic mass is 9.98. The van der Waals surface area contributed by atoms with Gasteiger partial charge in [0.2, 0.25) is 11.6 Å². The minimum absolute atomic E-state index is 0.139. The van der Waals surface area contributed by atoms with Gasteiger partial charge >= 0.3 is 11.7 Å². The molecule has 1 aromatic heterocycles. The second kappa shape index (κ2) is 11.4. The first-order valence-corrected chi connectivity index (χ1v) is 11.0. The first kappa shape index (κ1) is 26.3. The molecule has 0 aliphatic carbocycles. The van der Waals surface area contributed by atoms with Crippen molar-refractivity contribution < 1.29 is 33.2 Å². The molecule has 0 aliphatic heterocycles. The van der Waals surface area contributed by atoms with Crippen LogP contribution in [0.3, 0.4) is 0 Å². The summed E-state index contributed by atoms with van der Waals surface area (Å²) in [5.74, 6) is -1.01. The van der Waals surface area contributed by atoms with E-state index in [1.165, 1.54) is 21.3 Å². The Morgan fingerprint density at radius 3 is 2.19 bits per heavy atom. The van der Waals surface area contributed by atoms with Gasteiger partial charge < -0.3 is 24.1 Å². The van der Waals surface area contributed by atoms with Crippen LogP contribution in [0, 0.1) is 5.82 Å². The quantitative estimate of drug-likeness (QED) is 0.409. The molecular weight excluding hydrogens is 475 g/mol. The zero-order chi connectivity index (χ0) is 26.4. The summed E-state index contributed by atoms with van der Waals surface area (Å²) in [6.07, 6.45) is 1.60. The van der Waals surface area contributed by atoms with Crippen molar-refractivity contribution in [2.24, 2.45) is 0 Å². The first-order chi connectivity index (χ1) is 17.2. The third-order valence-corrected chi connectivity index (χ3v) is 5.53. The molecule has 3 rings (SSSR count). The van der Waals surface area contributed by atoms with E-state index in [-0.39, 0.29) is 17.9 Å². The fraction of sp³-hybridized carbons (Fsp3) is 0.320. The largest absolute Gasteiger partial charge is 0.493 e. The van der Waals surface area contributed by atoms with E-state index in [0.717, 1.165) is 11.1 Å². The maximum Gasteiger partial charge on any atom is 0.331 e. The van der Waals surface area contributed by atoms with Gasteiger partial charge in [0, 0.05) is 5.56 Å². The van der Waals surface area contributed by atoms with E-state index < -0.39 is 29.1 Å². The number of rotatable bonds is 11. The molecule has 0 radical (unpaired) electrons. The SMILES string of the molecule is CCOc1ccc(CCc2cc(OC)c(OC)c(OC)c2)cc1C(C(=O)O)n1cc(F)c(=O)[nH]c1=O. The molecule has 2 aromatic carbocycles. The molecule has 0 amide bonds. The van der Waals surface area contributed by atoms with Crippen molar-refractivity contribution in [3.05, 3.63) is 79.9 Å². The second-order valence-corrected chi connectivity index (χ2v) is 7.72. The normalized spacial score (nSPS) is 11.6. The summed E-state index contributed by atoms with van der Waals surface area (Å²) in [5.41, 5.74) is -0.524. The van der Waals surface area contributed by atoms with Crippen molar-refractivity contribution in [3.63, 3.8) is 0 Å². The number of aromatic nitrogens is 2. The number of benzene rings is 2. The van der Waals surface area contributed by atoms with Gasteiger partial charge in [-0.1, -0.05) is 6.07 Å². The van der Waals surface area contributed by atoms with Gasteiger partial charge in [-0.15, -0.1) is 0 Å². The number of carboxylic acid groups (broad SMARTS) is 1. The number of ether oxygens (including phenoxy) is 4. The van der Waals surface area contributed by atoms with Crippen molar-refractivity contribution in [3.8, 4) is 23.0 Å². The average Bonchev–Trinajstić information content (AvgIpc) is 2.86. The number of aromatic amines is 1. The number of H-pyrrole nitrogens is 1. The highest BCUT2D eigenvalue weighted by Gasteiger charge is 2.28. The molecule has 192 valence electrons. The van der Waals surface area contributed by atoms with E-state index in [1.807, 2.05) is 12.1 Å². The number of carboxylic acids is 1. The summed E-state index contributed by atoms with van der Waals surface area (Å²) >= 11 is 0. The van der Waals surface area contributed by atoms with Crippen molar-refractivity contribution in [1.29, 1.82) is 0 Å². The molecule has 1 unspecified atom stereocenters. The van der Waals surface area contributed by atoms with Crippen molar-refractivity contribution in [1.82, 2.24) is 9.55 Å². The predicted molar refractivity (Wildman–Crippen MR) is 128 cm³/mol. The Hall–Kier alpha value is -4.28. The fourth-order valence-corrected chi connectivity index (χ4v) is 3.88. The molecule has 0 fully saturated rings. The predicted octanol–water partition coefficient (Wildman–Crippen LogP) is 2.56. The number of hydrogen-bond acceptors (Lipinski definition) is 7. The van der Waals surface area contributed by atoms with Gasteiger partial charge in [-0.3, -0.25) is 14.3 Å². The highest BCUT2D eigenvalue weighted by atomic mass is 19.1. The highest BCUT2D eigenvalue weighted by molar-refractivity contribution is 5.77. The van der Waals surface area contributed by atoms with Crippen molar-refractivity contribution >= 4 is 5.97 Å². The molecule has 0 bridgehead atoms. The van der Waals surface area contributed by atoms with Gasteiger partial charge in [0.05, 0.1) is 34.1 Å². The summed E-state index contributed by atoms with van der Waals surface area (Å²) in [7, 11) is 4.56. The summed E-state index contributed by atoms with van der Waals surface area (Å²) in [4.78, 5) is 37.8. The van der Waals surface area contributed by atoms with Gasteiger partial charge in [-0.05, 0) is 55.2 Å². The molecule has 0 aliphatic rings. The van der Waals surface area contributed by atoms with Crippen molar-refractivity contribution in [2.45, 2.75) is 25.8 Å². The summed E-state index contributed by atoms with van der Waals surface area (Å²) < 4.78 is 36.3. The fourth-order valence-electron chi connectivity index (χ4n) is 3.88. The van der Waals surface area contributed by atoms with Crippen LogP contribution in [0.25, 0.3) is 0 Å². The number of aliphatic carboxylic acids is 1. The topological polar surface area (TPSA) is 129 Å². The maximum absolute atomic E-state index is 14.0. The van der Waals surface area contributed by atoms with E-state index in [0.29, 0.717) is 40.9 Å². The van der Waals surface area contributed by atoms with Crippen LogP contribution in [0.1, 0.15) is 29.7 Å². The minimum Gasteiger partial charge on any atom is -0.493 e. The first-order valence-electron chi connectivity index (χ1n) is 11.0. The Kier molecular flexibility index (Phi) is 8.36. The minimum atomic E-state index is -1.63. The molecule has 0 saturated carbocycles. The number of hydrogen-bond donors (Lipinski definition) is 2. The molecular formula is C25H27FN2O8. The molecule has 1 heterocycles. The highest BCUT2D eigenvalue weighted by Crippen LogP contribution is 2.38. The second-order valence-electron chi connectivity index (χ2n) is 7.72. The van der Waals surface area contributed by atoms with E-state index in [1.54, 1.807) is 30.1 Å². The Balaban J connectivity index is 2.02. The Morgan fingerprint density at radius 1 is 1.00 bits per heavy atom. The van der Waals surface area contributed by atoms with Gasteiger partial charge in [0.25, 0.3) is 5.56 Å². The molecule has 36 heavy (non-hydrogen) atoms. The van der Waals surface area contributed by atoms with Crippen LogP contribution in [0.2, 0.25) is 0 Å². The van der Waals surface area contributed by atoms with Crippen LogP contribution in [-0.4, -0.2) is 48.6 Å². The van der Waals surface area contributed by atoms with Crippen LogP contribution in [-0.2, 0) is 17.6 Å².